The average molecular weight is 483 g/mol. The lowest BCUT2D eigenvalue weighted by molar-refractivity contribution is -0.307. The number of hydrogen-bond donors (Lipinski definition) is 0. The van der Waals surface area contributed by atoms with Gasteiger partial charge in [-0.1, -0.05) is 29.8 Å². The van der Waals surface area contributed by atoms with Gasteiger partial charge in [0.15, 0.2) is 5.03 Å². The number of sulfone groups is 1. The minimum Gasteiger partial charge on any atom is -0.252 e. The van der Waals surface area contributed by atoms with Crippen molar-refractivity contribution in [2.75, 3.05) is 0 Å². The summed E-state index contributed by atoms with van der Waals surface area (Å²) >= 11 is 6.06. The Morgan fingerprint density at radius 1 is 1.10 bits per heavy atom. The molecule has 3 aromatic rings. The van der Waals surface area contributed by atoms with Crippen LogP contribution in [-0.2, 0) is 15.8 Å². The standard InChI is InChI=1S/C19H13ClF6N2O2S/c1-17(21,22)10-5-7-11(8-6-10)31(29,30)16-12-3-2-4-13(20)15(12)28(27-16)14-9-18(23,24)19(14,25)26/h2-8,14H,9H2,1H3. The molecular formula is C19H13ClF6N2O2S. The van der Waals surface area contributed by atoms with Crippen LogP contribution in [0.1, 0.15) is 24.9 Å². The molecule has 1 saturated carbocycles. The molecule has 2 aromatic carbocycles. The molecule has 4 nitrogen and oxygen atoms in total. The van der Waals surface area contributed by atoms with Gasteiger partial charge in [-0.25, -0.2) is 17.2 Å². The summed E-state index contributed by atoms with van der Waals surface area (Å²) < 4.78 is 108. The molecule has 1 atom stereocenters. The van der Waals surface area contributed by atoms with E-state index in [0.717, 1.165) is 24.3 Å². The van der Waals surface area contributed by atoms with E-state index in [-0.39, 0.29) is 15.9 Å². The van der Waals surface area contributed by atoms with Crippen LogP contribution < -0.4 is 0 Å². The monoisotopic (exact) mass is 482 g/mol. The summed E-state index contributed by atoms with van der Waals surface area (Å²) in [6.07, 6.45) is -1.25. The molecule has 1 aliphatic carbocycles. The van der Waals surface area contributed by atoms with E-state index in [4.69, 9.17) is 11.6 Å². The maximum absolute atomic E-state index is 14.0. The molecule has 0 spiro atoms. The van der Waals surface area contributed by atoms with Crippen molar-refractivity contribution < 1.29 is 34.8 Å². The van der Waals surface area contributed by atoms with Crippen LogP contribution in [0.2, 0.25) is 5.02 Å². The molecule has 166 valence electrons. The number of nitrogens with zero attached hydrogens (tertiary/aromatic N) is 2. The number of fused-ring (bicyclic) bond motifs is 1. The highest BCUT2D eigenvalue weighted by Gasteiger charge is 2.73. The first kappa shape index (κ1) is 21.9. The second-order valence-electron chi connectivity index (χ2n) is 7.35. The van der Waals surface area contributed by atoms with Gasteiger partial charge in [-0.2, -0.15) is 22.7 Å². The zero-order valence-electron chi connectivity index (χ0n) is 15.6. The molecule has 0 aliphatic heterocycles. The SMILES string of the molecule is CC(F)(F)c1ccc(S(=O)(=O)c2nn(C3CC(F)(F)C3(F)F)c3c(Cl)cccc23)cc1. The van der Waals surface area contributed by atoms with E-state index in [1.807, 2.05) is 0 Å². The molecule has 0 N–H and O–H groups in total. The molecule has 0 amide bonds. The zero-order valence-corrected chi connectivity index (χ0v) is 17.2. The van der Waals surface area contributed by atoms with Crippen LogP contribution in [0.25, 0.3) is 10.9 Å². The lowest BCUT2D eigenvalue weighted by Gasteiger charge is -2.43. The third kappa shape index (κ3) is 3.20. The molecule has 0 saturated heterocycles. The smallest absolute Gasteiger partial charge is 0.252 e. The Morgan fingerprint density at radius 3 is 2.23 bits per heavy atom. The summed E-state index contributed by atoms with van der Waals surface area (Å²) in [5.41, 5.74) is -0.666. The van der Waals surface area contributed by atoms with E-state index in [1.54, 1.807) is 0 Å². The Balaban J connectivity index is 1.88. The molecule has 1 aromatic heterocycles. The van der Waals surface area contributed by atoms with Gasteiger partial charge in [-0.3, -0.25) is 4.68 Å². The predicted molar refractivity (Wildman–Crippen MR) is 99.8 cm³/mol. The van der Waals surface area contributed by atoms with Crippen LogP contribution in [-0.4, -0.2) is 30.0 Å². The summed E-state index contributed by atoms with van der Waals surface area (Å²) in [6.45, 7) is 0.641. The van der Waals surface area contributed by atoms with Crippen LogP contribution in [0.15, 0.2) is 52.4 Å². The minimum absolute atomic E-state index is 0.150. The summed E-state index contributed by atoms with van der Waals surface area (Å²) in [6, 6.07) is 5.48. The van der Waals surface area contributed by atoms with E-state index in [1.165, 1.54) is 18.2 Å². The average Bonchev–Trinajstić information content (AvgIpc) is 3.07. The fourth-order valence-corrected chi connectivity index (χ4v) is 5.07. The normalized spacial score (nSPS) is 20.6. The Hall–Kier alpha value is -2.27. The Morgan fingerprint density at radius 2 is 1.71 bits per heavy atom. The number of halogens is 7. The van der Waals surface area contributed by atoms with E-state index < -0.39 is 55.6 Å². The molecule has 0 bridgehead atoms. The maximum atomic E-state index is 14.0. The van der Waals surface area contributed by atoms with E-state index in [0.29, 0.717) is 11.6 Å². The van der Waals surface area contributed by atoms with Crippen LogP contribution in [0.5, 0.6) is 0 Å². The second-order valence-corrected chi connectivity index (χ2v) is 9.62. The van der Waals surface area contributed by atoms with Gasteiger partial charge < -0.3 is 0 Å². The number of hydrogen-bond acceptors (Lipinski definition) is 3. The van der Waals surface area contributed by atoms with Crippen molar-refractivity contribution in [3.05, 3.63) is 53.1 Å². The number of benzene rings is 2. The van der Waals surface area contributed by atoms with Crippen LogP contribution in [0.4, 0.5) is 26.3 Å². The van der Waals surface area contributed by atoms with Gasteiger partial charge in [0.25, 0.3) is 5.92 Å². The molecular weight excluding hydrogens is 470 g/mol. The summed E-state index contributed by atoms with van der Waals surface area (Å²) in [5, 5.41) is 2.74. The van der Waals surface area contributed by atoms with Crippen molar-refractivity contribution >= 4 is 32.3 Å². The highest BCUT2D eigenvalue weighted by Crippen LogP contribution is 2.58. The van der Waals surface area contributed by atoms with Crippen molar-refractivity contribution in [1.82, 2.24) is 9.78 Å². The van der Waals surface area contributed by atoms with Crippen LogP contribution >= 0.6 is 11.6 Å². The van der Waals surface area contributed by atoms with E-state index in [2.05, 4.69) is 5.10 Å². The summed E-state index contributed by atoms with van der Waals surface area (Å²) in [4.78, 5) is -0.419. The first-order valence-electron chi connectivity index (χ1n) is 8.84. The highest BCUT2D eigenvalue weighted by molar-refractivity contribution is 7.91. The van der Waals surface area contributed by atoms with Gasteiger partial charge >= 0.3 is 11.8 Å². The Labute approximate surface area is 177 Å². The van der Waals surface area contributed by atoms with Crippen molar-refractivity contribution in [2.24, 2.45) is 0 Å². The van der Waals surface area contributed by atoms with Crippen LogP contribution in [0, 0.1) is 0 Å². The number of alkyl halides is 6. The van der Waals surface area contributed by atoms with E-state index >= 15 is 0 Å². The molecule has 31 heavy (non-hydrogen) atoms. The third-order valence-electron chi connectivity index (χ3n) is 5.22. The highest BCUT2D eigenvalue weighted by atomic mass is 35.5. The Kier molecular flexibility index (Phi) is 4.68. The second kappa shape index (κ2) is 6.61. The van der Waals surface area contributed by atoms with Gasteiger partial charge in [0, 0.05) is 24.3 Å². The quantitative estimate of drug-likeness (QED) is 0.438. The maximum Gasteiger partial charge on any atom is 0.332 e. The Bertz CT molecular complexity index is 1280. The molecule has 4 rings (SSSR count). The third-order valence-corrected chi connectivity index (χ3v) is 7.23. The molecule has 12 heteroatoms. The van der Waals surface area contributed by atoms with Gasteiger partial charge in [-0.05, 0) is 24.3 Å². The molecule has 1 fully saturated rings. The van der Waals surface area contributed by atoms with Crippen LogP contribution in [0.3, 0.4) is 0 Å². The zero-order chi connectivity index (χ0) is 23.0. The first-order chi connectivity index (χ1) is 14.2. The topological polar surface area (TPSA) is 52.0 Å². The number of rotatable bonds is 4. The van der Waals surface area contributed by atoms with Gasteiger partial charge in [0.2, 0.25) is 9.84 Å². The van der Waals surface area contributed by atoms with Gasteiger partial charge in [-0.15, -0.1) is 0 Å². The summed E-state index contributed by atoms with van der Waals surface area (Å²) in [7, 11) is -4.48. The number of aromatic nitrogens is 2. The summed E-state index contributed by atoms with van der Waals surface area (Å²) in [5.74, 6) is -11.9. The van der Waals surface area contributed by atoms with Crippen molar-refractivity contribution in [1.29, 1.82) is 0 Å². The minimum atomic E-state index is -4.48. The largest absolute Gasteiger partial charge is 0.332 e. The molecule has 1 aliphatic rings. The fraction of sp³-hybridized carbons (Fsp3) is 0.316. The molecule has 1 unspecified atom stereocenters. The lowest BCUT2D eigenvalue weighted by atomic mass is 9.83. The van der Waals surface area contributed by atoms with Crippen molar-refractivity contribution in [2.45, 2.75) is 47.1 Å². The first-order valence-corrected chi connectivity index (χ1v) is 10.7. The lowest BCUT2D eigenvalue weighted by Crippen LogP contribution is -2.59. The van der Waals surface area contributed by atoms with Crippen molar-refractivity contribution in [3.63, 3.8) is 0 Å². The fourth-order valence-electron chi connectivity index (χ4n) is 3.44. The van der Waals surface area contributed by atoms with Crippen molar-refractivity contribution in [3.8, 4) is 0 Å². The van der Waals surface area contributed by atoms with Gasteiger partial charge in [0.1, 0.15) is 6.04 Å². The molecule has 1 heterocycles. The van der Waals surface area contributed by atoms with E-state index in [9.17, 15) is 34.8 Å². The number of para-hydroxylation sites is 1. The predicted octanol–water partition coefficient (Wildman–Crippen LogP) is 5.85. The van der Waals surface area contributed by atoms with Gasteiger partial charge in [0.05, 0.1) is 15.4 Å². The molecule has 0 radical (unpaired) electrons.